The highest BCUT2D eigenvalue weighted by Crippen LogP contribution is 2.14. The van der Waals surface area contributed by atoms with Crippen LogP contribution in [0.5, 0.6) is 0 Å². The van der Waals surface area contributed by atoms with E-state index in [-0.39, 0.29) is 11.8 Å². The number of pyridine rings is 1. The molecule has 0 bridgehead atoms. The molecular weight excluding hydrogens is 288 g/mol. The van der Waals surface area contributed by atoms with Crippen molar-refractivity contribution in [2.75, 3.05) is 6.54 Å². The number of aromatic nitrogens is 3. The predicted molar refractivity (Wildman–Crippen MR) is 92.2 cm³/mol. The van der Waals surface area contributed by atoms with E-state index in [9.17, 15) is 4.79 Å². The summed E-state index contributed by atoms with van der Waals surface area (Å²) < 4.78 is 1.97. The third kappa shape index (κ3) is 5.05. The Kier molecular flexibility index (Phi) is 7.04. The number of carbonyl (C=O) groups is 1. The van der Waals surface area contributed by atoms with Gasteiger partial charge < -0.3 is 5.32 Å². The number of hydrogen-bond acceptors (Lipinski definition) is 3. The molecule has 0 aliphatic heterocycles. The molecule has 1 N–H and O–H groups in total. The molecule has 0 spiro atoms. The van der Waals surface area contributed by atoms with Gasteiger partial charge in [0.1, 0.15) is 5.82 Å². The summed E-state index contributed by atoms with van der Waals surface area (Å²) in [6, 6.07) is 5.83. The van der Waals surface area contributed by atoms with E-state index in [0.717, 1.165) is 30.7 Å². The van der Waals surface area contributed by atoms with Gasteiger partial charge in [0.25, 0.3) is 0 Å². The second kappa shape index (κ2) is 9.28. The molecule has 5 heteroatoms. The average molecular weight is 316 g/mol. The quantitative estimate of drug-likeness (QED) is 0.684. The van der Waals surface area contributed by atoms with Crippen molar-refractivity contribution < 1.29 is 4.79 Å². The number of rotatable bonds is 10. The van der Waals surface area contributed by atoms with Crippen molar-refractivity contribution in [3.63, 3.8) is 0 Å². The fourth-order valence-electron chi connectivity index (χ4n) is 2.84. The maximum Gasteiger partial charge on any atom is 0.223 e. The minimum atomic E-state index is 0.141. The zero-order valence-electron chi connectivity index (χ0n) is 14.3. The molecule has 126 valence electrons. The molecule has 5 nitrogen and oxygen atoms in total. The monoisotopic (exact) mass is 316 g/mol. The summed E-state index contributed by atoms with van der Waals surface area (Å²) in [5.74, 6) is 1.21. The lowest BCUT2D eigenvalue weighted by Gasteiger charge is -2.14. The van der Waals surface area contributed by atoms with Crippen LogP contribution in [0.4, 0.5) is 0 Å². The zero-order chi connectivity index (χ0) is 16.5. The Balaban J connectivity index is 1.76. The minimum absolute atomic E-state index is 0.141. The Hall–Kier alpha value is -1.91. The van der Waals surface area contributed by atoms with E-state index in [2.05, 4.69) is 29.4 Å². The van der Waals surface area contributed by atoms with Crippen LogP contribution in [0.2, 0.25) is 0 Å². The molecule has 0 aliphatic carbocycles. The van der Waals surface area contributed by atoms with Gasteiger partial charge in [0.15, 0.2) is 5.65 Å². The highest BCUT2D eigenvalue weighted by atomic mass is 16.1. The van der Waals surface area contributed by atoms with E-state index in [4.69, 9.17) is 0 Å². The van der Waals surface area contributed by atoms with Crippen molar-refractivity contribution in [2.24, 2.45) is 5.92 Å². The molecule has 23 heavy (non-hydrogen) atoms. The van der Waals surface area contributed by atoms with Gasteiger partial charge in [0, 0.05) is 25.1 Å². The molecule has 0 radical (unpaired) electrons. The highest BCUT2D eigenvalue weighted by Gasteiger charge is 2.15. The Bertz CT molecular complexity index is 608. The second-order valence-electron chi connectivity index (χ2n) is 6.04. The van der Waals surface area contributed by atoms with Crippen LogP contribution in [0.1, 0.15) is 58.2 Å². The lowest BCUT2D eigenvalue weighted by molar-refractivity contribution is -0.125. The van der Waals surface area contributed by atoms with Crippen LogP contribution < -0.4 is 5.32 Å². The maximum atomic E-state index is 12.3. The molecule has 0 saturated carbocycles. The van der Waals surface area contributed by atoms with Crippen LogP contribution in [0.25, 0.3) is 5.65 Å². The molecule has 0 aromatic carbocycles. The van der Waals surface area contributed by atoms with Crippen LogP contribution in [0, 0.1) is 5.92 Å². The van der Waals surface area contributed by atoms with Crippen molar-refractivity contribution in [2.45, 2.75) is 58.8 Å². The maximum absolute atomic E-state index is 12.3. The van der Waals surface area contributed by atoms with E-state index in [1.165, 1.54) is 19.3 Å². The number of hydrogen-bond donors (Lipinski definition) is 1. The Labute approximate surface area is 138 Å². The van der Waals surface area contributed by atoms with Crippen molar-refractivity contribution in [3.8, 4) is 0 Å². The van der Waals surface area contributed by atoms with Gasteiger partial charge in [-0.3, -0.25) is 9.20 Å². The van der Waals surface area contributed by atoms with E-state index >= 15 is 0 Å². The summed E-state index contributed by atoms with van der Waals surface area (Å²) in [6.07, 6.45) is 9.42. The lowest BCUT2D eigenvalue weighted by Crippen LogP contribution is -2.32. The summed E-state index contributed by atoms with van der Waals surface area (Å²) in [4.78, 5) is 12.3. The first-order chi connectivity index (χ1) is 11.3. The van der Waals surface area contributed by atoms with Gasteiger partial charge >= 0.3 is 0 Å². The standard InChI is InChI=1S/C18H28N4O/c1-3-5-6-7-10-15(4-2)18(23)19-13-12-17-21-20-16-11-8-9-14-22(16)17/h8-9,11,14-15H,3-7,10,12-13H2,1-2H3,(H,19,23)/t15-/m1/s1. The highest BCUT2D eigenvalue weighted by molar-refractivity contribution is 5.78. The van der Waals surface area contributed by atoms with Crippen molar-refractivity contribution >= 4 is 11.6 Å². The molecule has 2 heterocycles. The van der Waals surface area contributed by atoms with Crippen molar-refractivity contribution in [1.29, 1.82) is 0 Å². The second-order valence-corrected chi connectivity index (χ2v) is 6.04. The van der Waals surface area contributed by atoms with E-state index in [1.54, 1.807) is 0 Å². The average Bonchev–Trinajstić information content (AvgIpc) is 2.98. The van der Waals surface area contributed by atoms with E-state index < -0.39 is 0 Å². The summed E-state index contributed by atoms with van der Waals surface area (Å²) in [5, 5.41) is 11.4. The lowest BCUT2D eigenvalue weighted by atomic mass is 9.97. The molecular formula is C18H28N4O. The zero-order valence-corrected chi connectivity index (χ0v) is 14.3. The first-order valence-electron chi connectivity index (χ1n) is 8.82. The number of fused-ring (bicyclic) bond motifs is 1. The van der Waals surface area contributed by atoms with E-state index in [0.29, 0.717) is 13.0 Å². The van der Waals surface area contributed by atoms with Gasteiger partial charge in [-0.05, 0) is 25.0 Å². The minimum Gasteiger partial charge on any atom is -0.355 e. The number of unbranched alkanes of at least 4 members (excludes halogenated alkanes) is 3. The molecule has 2 aromatic heterocycles. The van der Waals surface area contributed by atoms with Crippen molar-refractivity contribution in [1.82, 2.24) is 19.9 Å². The molecule has 2 rings (SSSR count). The largest absolute Gasteiger partial charge is 0.355 e. The Morgan fingerprint density at radius 1 is 1.22 bits per heavy atom. The Morgan fingerprint density at radius 2 is 2.09 bits per heavy atom. The number of carbonyl (C=O) groups excluding carboxylic acids is 1. The number of nitrogens with one attached hydrogen (secondary N) is 1. The van der Waals surface area contributed by atoms with Gasteiger partial charge in [-0.25, -0.2) is 0 Å². The molecule has 0 saturated heterocycles. The summed E-state index contributed by atoms with van der Waals surface area (Å²) in [5.41, 5.74) is 0.844. The molecule has 2 aromatic rings. The summed E-state index contributed by atoms with van der Waals surface area (Å²) in [7, 11) is 0. The van der Waals surface area contributed by atoms with Crippen LogP contribution in [0.15, 0.2) is 24.4 Å². The third-order valence-corrected chi connectivity index (χ3v) is 4.30. The van der Waals surface area contributed by atoms with Gasteiger partial charge in [0.2, 0.25) is 5.91 Å². The first-order valence-corrected chi connectivity index (χ1v) is 8.82. The van der Waals surface area contributed by atoms with Gasteiger partial charge in [-0.15, -0.1) is 10.2 Å². The normalized spacial score (nSPS) is 12.4. The van der Waals surface area contributed by atoms with Gasteiger partial charge in [-0.2, -0.15) is 0 Å². The van der Waals surface area contributed by atoms with Crippen LogP contribution in [0.3, 0.4) is 0 Å². The SMILES string of the molecule is CCCCCC[C@@H](CC)C(=O)NCCc1nnc2ccccn12. The molecule has 1 atom stereocenters. The fraction of sp³-hybridized carbons (Fsp3) is 0.611. The fourth-order valence-corrected chi connectivity index (χ4v) is 2.84. The first kappa shape index (κ1) is 17.4. The topological polar surface area (TPSA) is 59.3 Å². The number of amides is 1. The smallest absolute Gasteiger partial charge is 0.223 e. The molecule has 0 fully saturated rings. The van der Waals surface area contributed by atoms with Crippen LogP contribution in [-0.4, -0.2) is 27.0 Å². The third-order valence-electron chi connectivity index (χ3n) is 4.30. The van der Waals surface area contributed by atoms with E-state index in [1.807, 2.05) is 28.8 Å². The number of nitrogens with zero attached hydrogens (tertiary/aromatic N) is 3. The predicted octanol–water partition coefficient (Wildman–Crippen LogP) is 3.38. The Morgan fingerprint density at radius 3 is 2.87 bits per heavy atom. The molecule has 0 aliphatic rings. The van der Waals surface area contributed by atoms with Crippen molar-refractivity contribution in [3.05, 3.63) is 30.2 Å². The van der Waals surface area contributed by atoms with Gasteiger partial charge in [-0.1, -0.05) is 45.6 Å². The van der Waals surface area contributed by atoms with Crippen LogP contribution in [-0.2, 0) is 11.2 Å². The van der Waals surface area contributed by atoms with Gasteiger partial charge in [0.05, 0.1) is 0 Å². The molecule has 1 amide bonds. The summed E-state index contributed by atoms with van der Waals surface area (Å²) >= 11 is 0. The van der Waals surface area contributed by atoms with Crippen LogP contribution >= 0.6 is 0 Å². The molecule has 0 unspecified atom stereocenters. The summed E-state index contributed by atoms with van der Waals surface area (Å²) in [6.45, 7) is 4.91.